The number of benzene rings is 1. The molecule has 0 saturated heterocycles. The van der Waals surface area contributed by atoms with Crippen LogP contribution in [-0.2, 0) is 4.79 Å². The molecule has 0 radical (unpaired) electrons. The van der Waals surface area contributed by atoms with Gasteiger partial charge in [0.25, 0.3) is 5.91 Å². The van der Waals surface area contributed by atoms with Gasteiger partial charge in [-0.3, -0.25) is 14.6 Å². The second-order valence-electron chi connectivity index (χ2n) is 5.20. The van der Waals surface area contributed by atoms with E-state index in [1.165, 1.54) is 0 Å². The number of aromatic nitrogens is 1. The molecule has 1 heterocycles. The third-order valence-electron chi connectivity index (χ3n) is 3.74. The van der Waals surface area contributed by atoms with Gasteiger partial charge < -0.3 is 5.32 Å². The Labute approximate surface area is 117 Å². The van der Waals surface area contributed by atoms with E-state index in [2.05, 4.69) is 10.3 Å². The van der Waals surface area contributed by atoms with Crippen molar-refractivity contribution in [2.75, 3.05) is 0 Å². The van der Waals surface area contributed by atoms with E-state index in [1.807, 2.05) is 24.3 Å². The minimum absolute atomic E-state index is 0.0740. The molecule has 102 valence electrons. The van der Waals surface area contributed by atoms with Crippen LogP contribution in [0.4, 0.5) is 0 Å². The lowest BCUT2D eigenvalue weighted by Gasteiger charge is -2.22. The van der Waals surface area contributed by atoms with Gasteiger partial charge in [0.05, 0.1) is 5.52 Å². The number of fused-ring (bicyclic) bond motifs is 1. The van der Waals surface area contributed by atoms with E-state index >= 15 is 0 Å². The van der Waals surface area contributed by atoms with Crippen LogP contribution in [0.3, 0.4) is 0 Å². The van der Waals surface area contributed by atoms with Gasteiger partial charge in [0.15, 0.2) is 0 Å². The molecular formula is C16H16N2O2. The summed E-state index contributed by atoms with van der Waals surface area (Å²) in [7, 11) is 0. The molecule has 1 fully saturated rings. The van der Waals surface area contributed by atoms with E-state index in [1.54, 1.807) is 12.3 Å². The maximum absolute atomic E-state index is 12.2. The summed E-state index contributed by atoms with van der Waals surface area (Å²) in [6.07, 6.45) is 4.39. The van der Waals surface area contributed by atoms with Crippen molar-refractivity contribution < 1.29 is 9.59 Å². The topological polar surface area (TPSA) is 59.1 Å². The molecule has 1 saturated carbocycles. The summed E-state index contributed by atoms with van der Waals surface area (Å²) in [5.74, 6) is 0.224. The molecular weight excluding hydrogens is 252 g/mol. The third kappa shape index (κ3) is 2.69. The molecule has 1 aliphatic carbocycles. The second-order valence-corrected chi connectivity index (χ2v) is 5.20. The number of carbonyl (C=O) groups excluding carboxylic acids is 2. The maximum atomic E-state index is 12.2. The van der Waals surface area contributed by atoms with Gasteiger partial charge in [-0.25, -0.2) is 0 Å². The highest BCUT2D eigenvalue weighted by molar-refractivity contribution is 5.98. The highest BCUT2D eigenvalue weighted by Gasteiger charge is 2.20. The number of amides is 1. The van der Waals surface area contributed by atoms with Crippen molar-refractivity contribution in [1.29, 1.82) is 0 Å². The summed E-state index contributed by atoms with van der Waals surface area (Å²) in [5, 5.41) is 3.97. The van der Waals surface area contributed by atoms with Gasteiger partial charge in [-0.15, -0.1) is 0 Å². The van der Waals surface area contributed by atoms with Gasteiger partial charge in [0.1, 0.15) is 5.78 Å². The standard InChI is InChI=1S/C16H16N2O2/c19-14-6-4-13(5-7-14)18-16(20)12-3-8-15-11(10-12)2-1-9-17-15/h1-3,8-10,13H,4-7H2,(H,18,20). The van der Waals surface area contributed by atoms with Gasteiger partial charge in [-0.05, 0) is 37.1 Å². The number of carbonyl (C=O) groups is 2. The molecule has 1 aliphatic rings. The SMILES string of the molecule is O=C1CCC(NC(=O)c2ccc3ncccc3c2)CC1. The van der Waals surface area contributed by atoms with Crippen LogP contribution in [0.25, 0.3) is 10.9 Å². The molecule has 0 bridgehead atoms. The number of pyridine rings is 1. The fourth-order valence-electron chi connectivity index (χ4n) is 2.57. The van der Waals surface area contributed by atoms with E-state index in [4.69, 9.17) is 0 Å². The van der Waals surface area contributed by atoms with Crippen molar-refractivity contribution in [2.24, 2.45) is 0 Å². The lowest BCUT2D eigenvalue weighted by molar-refractivity contribution is -0.120. The van der Waals surface area contributed by atoms with Crippen molar-refractivity contribution in [3.05, 3.63) is 42.1 Å². The maximum Gasteiger partial charge on any atom is 0.251 e. The number of ketones is 1. The Morgan fingerprint density at radius 3 is 2.80 bits per heavy atom. The molecule has 1 N–H and O–H groups in total. The van der Waals surface area contributed by atoms with E-state index in [0.717, 1.165) is 23.7 Å². The Morgan fingerprint density at radius 1 is 1.20 bits per heavy atom. The first kappa shape index (κ1) is 12.8. The summed E-state index contributed by atoms with van der Waals surface area (Å²) in [5.41, 5.74) is 1.52. The molecule has 2 aromatic rings. The third-order valence-corrected chi connectivity index (χ3v) is 3.74. The smallest absolute Gasteiger partial charge is 0.251 e. The van der Waals surface area contributed by atoms with Crippen LogP contribution in [0, 0.1) is 0 Å². The zero-order chi connectivity index (χ0) is 13.9. The monoisotopic (exact) mass is 268 g/mol. The number of Topliss-reactive ketones (excluding diaryl/α,β-unsaturated/α-hetero) is 1. The zero-order valence-electron chi connectivity index (χ0n) is 11.1. The zero-order valence-corrected chi connectivity index (χ0v) is 11.1. The number of nitrogens with zero attached hydrogens (tertiary/aromatic N) is 1. The number of nitrogens with one attached hydrogen (secondary N) is 1. The Balaban J connectivity index is 1.73. The van der Waals surface area contributed by atoms with E-state index in [0.29, 0.717) is 24.2 Å². The summed E-state index contributed by atoms with van der Waals surface area (Å²) >= 11 is 0. The first-order valence-corrected chi connectivity index (χ1v) is 6.90. The van der Waals surface area contributed by atoms with Gasteiger partial charge >= 0.3 is 0 Å². The molecule has 1 aromatic carbocycles. The first-order chi connectivity index (χ1) is 9.72. The minimum atomic E-state index is -0.0740. The molecule has 1 aromatic heterocycles. The highest BCUT2D eigenvalue weighted by atomic mass is 16.1. The average molecular weight is 268 g/mol. The molecule has 1 amide bonds. The number of rotatable bonds is 2. The predicted molar refractivity (Wildman–Crippen MR) is 76.5 cm³/mol. The van der Waals surface area contributed by atoms with Crippen molar-refractivity contribution in [1.82, 2.24) is 10.3 Å². The summed E-state index contributed by atoms with van der Waals surface area (Å²) in [4.78, 5) is 27.6. The van der Waals surface area contributed by atoms with Crippen LogP contribution in [-0.4, -0.2) is 22.7 Å². The fourth-order valence-corrected chi connectivity index (χ4v) is 2.57. The van der Waals surface area contributed by atoms with Crippen molar-refractivity contribution in [3.8, 4) is 0 Å². The van der Waals surface area contributed by atoms with Crippen molar-refractivity contribution in [2.45, 2.75) is 31.7 Å². The van der Waals surface area contributed by atoms with Crippen LogP contribution >= 0.6 is 0 Å². The van der Waals surface area contributed by atoms with Gasteiger partial charge in [-0.1, -0.05) is 6.07 Å². The summed E-state index contributed by atoms with van der Waals surface area (Å²) in [6.45, 7) is 0. The quantitative estimate of drug-likeness (QED) is 0.910. The van der Waals surface area contributed by atoms with E-state index in [9.17, 15) is 9.59 Å². The largest absolute Gasteiger partial charge is 0.349 e. The predicted octanol–water partition coefficient (Wildman–Crippen LogP) is 2.48. The van der Waals surface area contributed by atoms with Crippen LogP contribution in [0.5, 0.6) is 0 Å². The molecule has 20 heavy (non-hydrogen) atoms. The van der Waals surface area contributed by atoms with Crippen molar-refractivity contribution >= 4 is 22.6 Å². The number of hydrogen-bond acceptors (Lipinski definition) is 3. The average Bonchev–Trinajstić information content (AvgIpc) is 2.49. The van der Waals surface area contributed by atoms with Gasteiger partial charge in [0, 0.05) is 36.0 Å². The van der Waals surface area contributed by atoms with Crippen molar-refractivity contribution in [3.63, 3.8) is 0 Å². The lowest BCUT2D eigenvalue weighted by Crippen LogP contribution is -2.37. The number of hydrogen-bond donors (Lipinski definition) is 1. The summed E-state index contributed by atoms with van der Waals surface area (Å²) < 4.78 is 0. The van der Waals surface area contributed by atoms with Crippen LogP contribution < -0.4 is 5.32 Å². The first-order valence-electron chi connectivity index (χ1n) is 6.90. The Bertz CT molecular complexity index is 656. The minimum Gasteiger partial charge on any atom is -0.349 e. The van der Waals surface area contributed by atoms with Crippen LogP contribution in [0.1, 0.15) is 36.0 Å². The van der Waals surface area contributed by atoms with E-state index < -0.39 is 0 Å². The second kappa shape index (κ2) is 5.41. The molecule has 3 rings (SSSR count). The normalized spacial score (nSPS) is 16.3. The Morgan fingerprint density at radius 2 is 2.00 bits per heavy atom. The summed E-state index contributed by atoms with van der Waals surface area (Å²) in [6, 6.07) is 9.42. The molecule has 0 unspecified atom stereocenters. The fraction of sp³-hybridized carbons (Fsp3) is 0.312. The van der Waals surface area contributed by atoms with E-state index in [-0.39, 0.29) is 11.9 Å². The molecule has 4 nitrogen and oxygen atoms in total. The lowest BCUT2D eigenvalue weighted by atomic mass is 9.94. The molecule has 4 heteroatoms. The molecule has 0 aliphatic heterocycles. The highest BCUT2D eigenvalue weighted by Crippen LogP contribution is 2.17. The van der Waals surface area contributed by atoms with Gasteiger partial charge in [0.2, 0.25) is 0 Å². The van der Waals surface area contributed by atoms with Crippen LogP contribution in [0.15, 0.2) is 36.5 Å². The Hall–Kier alpha value is -2.23. The Kier molecular flexibility index (Phi) is 3.46. The van der Waals surface area contributed by atoms with Crippen LogP contribution in [0.2, 0.25) is 0 Å². The molecule has 0 atom stereocenters. The molecule has 0 spiro atoms. The van der Waals surface area contributed by atoms with Gasteiger partial charge in [-0.2, -0.15) is 0 Å².